The van der Waals surface area contributed by atoms with E-state index < -0.39 is 0 Å². The number of fused-ring (bicyclic) bond motifs is 1. The Morgan fingerprint density at radius 1 is 1.25 bits per heavy atom. The molecule has 0 saturated heterocycles. The number of carbonyl (C=O) groups excluding carboxylic acids is 1. The summed E-state index contributed by atoms with van der Waals surface area (Å²) in [5.41, 5.74) is 8.60. The van der Waals surface area contributed by atoms with Crippen LogP contribution < -0.4 is 10.6 Å². The summed E-state index contributed by atoms with van der Waals surface area (Å²) >= 11 is 0. The average molecular weight is 272 g/mol. The van der Waals surface area contributed by atoms with Crippen LogP contribution in [-0.4, -0.2) is 43.5 Å². The molecule has 1 aromatic heterocycles. The second-order valence-corrected chi connectivity index (χ2v) is 5.19. The van der Waals surface area contributed by atoms with E-state index in [2.05, 4.69) is 4.98 Å². The lowest BCUT2D eigenvalue weighted by atomic mass is 10.1. The number of pyridine rings is 1. The molecule has 2 rings (SSSR count). The molecule has 5 heteroatoms. The quantitative estimate of drug-likeness (QED) is 0.863. The maximum Gasteiger partial charge on any atom is 0.241 e. The fraction of sp³-hybridized carbons (Fsp3) is 0.333. The van der Waals surface area contributed by atoms with Crippen LogP contribution in [-0.2, 0) is 4.79 Å². The van der Waals surface area contributed by atoms with E-state index in [4.69, 9.17) is 5.73 Å². The van der Waals surface area contributed by atoms with E-state index in [0.717, 1.165) is 22.2 Å². The van der Waals surface area contributed by atoms with Crippen LogP contribution in [0.15, 0.2) is 24.4 Å². The molecule has 0 fully saturated rings. The second-order valence-electron chi connectivity index (χ2n) is 5.19. The lowest BCUT2D eigenvalue weighted by Gasteiger charge is -2.23. The Labute approximate surface area is 119 Å². The first-order valence-electron chi connectivity index (χ1n) is 6.46. The number of anilines is 2. The first-order valence-corrected chi connectivity index (χ1v) is 6.46. The highest BCUT2D eigenvalue weighted by atomic mass is 16.2. The third kappa shape index (κ3) is 2.66. The summed E-state index contributed by atoms with van der Waals surface area (Å²) in [5, 5.41) is 1.93. The summed E-state index contributed by atoms with van der Waals surface area (Å²) < 4.78 is 0. The van der Waals surface area contributed by atoms with E-state index in [1.807, 2.05) is 37.1 Å². The van der Waals surface area contributed by atoms with Gasteiger partial charge in [-0.05, 0) is 25.1 Å². The van der Waals surface area contributed by atoms with Crippen molar-refractivity contribution in [1.82, 2.24) is 9.88 Å². The van der Waals surface area contributed by atoms with Gasteiger partial charge in [0.25, 0.3) is 0 Å². The molecule has 1 aromatic carbocycles. The van der Waals surface area contributed by atoms with E-state index in [0.29, 0.717) is 12.2 Å². The molecule has 0 aliphatic carbocycles. The minimum absolute atomic E-state index is 0.0586. The molecule has 2 N–H and O–H groups in total. The van der Waals surface area contributed by atoms with Crippen molar-refractivity contribution in [2.75, 3.05) is 38.3 Å². The van der Waals surface area contributed by atoms with Crippen LogP contribution in [0.2, 0.25) is 0 Å². The Morgan fingerprint density at radius 2 is 1.95 bits per heavy atom. The highest BCUT2D eigenvalue weighted by Crippen LogP contribution is 2.30. The summed E-state index contributed by atoms with van der Waals surface area (Å²) in [6.45, 7) is 2.27. The molecule has 1 heterocycles. The summed E-state index contributed by atoms with van der Waals surface area (Å²) in [6, 6.07) is 5.79. The monoisotopic (exact) mass is 272 g/mol. The topological polar surface area (TPSA) is 62.5 Å². The number of aromatic nitrogens is 1. The molecule has 0 aliphatic rings. The number of benzene rings is 1. The van der Waals surface area contributed by atoms with Crippen molar-refractivity contribution in [1.29, 1.82) is 0 Å². The fourth-order valence-electron chi connectivity index (χ4n) is 2.11. The first-order chi connectivity index (χ1) is 9.40. The SMILES string of the molecule is Cc1cc2c(N(C)CC(=O)N(C)C)ccc(N)c2cn1. The maximum atomic E-state index is 11.8. The number of hydrogen-bond acceptors (Lipinski definition) is 4. The molecular weight excluding hydrogens is 252 g/mol. The highest BCUT2D eigenvalue weighted by Gasteiger charge is 2.13. The maximum absolute atomic E-state index is 11.8. The summed E-state index contributed by atoms with van der Waals surface area (Å²) in [5.74, 6) is 0.0586. The van der Waals surface area contributed by atoms with Crippen molar-refractivity contribution in [3.63, 3.8) is 0 Å². The van der Waals surface area contributed by atoms with Crippen molar-refractivity contribution in [2.24, 2.45) is 0 Å². The van der Waals surface area contributed by atoms with Gasteiger partial charge in [-0.2, -0.15) is 0 Å². The molecule has 5 nitrogen and oxygen atoms in total. The standard InChI is InChI=1S/C15H20N4O/c1-10-7-11-12(8-17-10)13(16)5-6-14(11)19(4)9-15(20)18(2)3/h5-8H,9,16H2,1-4H3. The van der Waals surface area contributed by atoms with Crippen LogP contribution in [0.3, 0.4) is 0 Å². The van der Waals surface area contributed by atoms with Gasteiger partial charge in [0.2, 0.25) is 5.91 Å². The van der Waals surface area contributed by atoms with Gasteiger partial charge in [-0.1, -0.05) is 0 Å². The number of nitrogens with zero attached hydrogens (tertiary/aromatic N) is 3. The molecule has 0 saturated carbocycles. The number of rotatable bonds is 3. The van der Waals surface area contributed by atoms with Crippen LogP contribution in [0.1, 0.15) is 5.69 Å². The zero-order valence-corrected chi connectivity index (χ0v) is 12.3. The van der Waals surface area contributed by atoms with E-state index >= 15 is 0 Å². The molecular formula is C15H20N4O. The molecule has 0 bridgehead atoms. The predicted molar refractivity (Wildman–Crippen MR) is 82.9 cm³/mol. The second kappa shape index (κ2) is 5.36. The minimum Gasteiger partial charge on any atom is -0.398 e. The van der Waals surface area contributed by atoms with Crippen molar-refractivity contribution >= 4 is 28.1 Å². The van der Waals surface area contributed by atoms with Gasteiger partial charge in [0.1, 0.15) is 0 Å². The number of hydrogen-bond donors (Lipinski definition) is 1. The molecule has 1 amide bonds. The number of carbonyl (C=O) groups is 1. The average Bonchev–Trinajstić information content (AvgIpc) is 2.38. The lowest BCUT2D eigenvalue weighted by molar-refractivity contribution is -0.127. The minimum atomic E-state index is 0.0586. The molecule has 106 valence electrons. The zero-order valence-electron chi connectivity index (χ0n) is 12.3. The van der Waals surface area contributed by atoms with Crippen LogP contribution in [0.5, 0.6) is 0 Å². The van der Waals surface area contributed by atoms with Gasteiger partial charge >= 0.3 is 0 Å². The lowest BCUT2D eigenvalue weighted by Crippen LogP contribution is -2.34. The van der Waals surface area contributed by atoms with Gasteiger partial charge < -0.3 is 15.5 Å². The van der Waals surface area contributed by atoms with Crippen LogP contribution in [0.4, 0.5) is 11.4 Å². The van der Waals surface area contributed by atoms with Crippen LogP contribution in [0.25, 0.3) is 10.8 Å². The van der Waals surface area contributed by atoms with Crippen molar-refractivity contribution in [3.8, 4) is 0 Å². The molecule has 0 spiro atoms. The van der Waals surface area contributed by atoms with Crippen molar-refractivity contribution in [2.45, 2.75) is 6.92 Å². The van der Waals surface area contributed by atoms with E-state index in [1.165, 1.54) is 0 Å². The highest BCUT2D eigenvalue weighted by molar-refractivity contribution is 6.01. The largest absolute Gasteiger partial charge is 0.398 e. The van der Waals surface area contributed by atoms with E-state index in [9.17, 15) is 4.79 Å². The Balaban J connectivity index is 2.46. The zero-order chi connectivity index (χ0) is 14.9. The van der Waals surface area contributed by atoms with Crippen molar-refractivity contribution in [3.05, 3.63) is 30.1 Å². The Morgan fingerprint density at radius 3 is 2.60 bits per heavy atom. The number of nitrogens with two attached hydrogens (primary N) is 1. The number of amides is 1. The van der Waals surface area contributed by atoms with Gasteiger partial charge in [0, 0.05) is 55.2 Å². The van der Waals surface area contributed by atoms with Gasteiger partial charge in [-0.15, -0.1) is 0 Å². The third-order valence-corrected chi connectivity index (χ3v) is 3.33. The normalized spacial score (nSPS) is 10.6. The van der Waals surface area contributed by atoms with Gasteiger partial charge in [-0.25, -0.2) is 0 Å². The van der Waals surface area contributed by atoms with Gasteiger partial charge in [-0.3, -0.25) is 9.78 Å². The summed E-state index contributed by atoms with van der Waals surface area (Å²) in [4.78, 5) is 19.6. The van der Waals surface area contributed by atoms with Gasteiger partial charge in [0.15, 0.2) is 0 Å². The first kappa shape index (κ1) is 14.1. The smallest absolute Gasteiger partial charge is 0.241 e. The summed E-state index contributed by atoms with van der Waals surface area (Å²) in [6.07, 6.45) is 1.78. The Bertz CT molecular complexity index is 652. The van der Waals surface area contributed by atoms with E-state index in [-0.39, 0.29) is 5.91 Å². The molecule has 0 radical (unpaired) electrons. The molecule has 20 heavy (non-hydrogen) atoms. The van der Waals surface area contributed by atoms with Crippen LogP contribution in [0, 0.1) is 6.92 Å². The van der Waals surface area contributed by atoms with E-state index in [1.54, 1.807) is 25.2 Å². The van der Waals surface area contributed by atoms with Gasteiger partial charge in [0.05, 0.1) is 6.54 Å². The van der Waals surface area contributed by atoms with Crippen LogP contribution >= 0.6 is 0 Å². The number of aryl methyl sites for hydroxylation is 1. The molecule has 0 aliphatic heterocycles. The molecule has 0 unspecified atom stereocenters. The predicted octanol–water partition coefficient (Wildman–Crippen LogP) is 1.65. The molecule has 2 aromatic rings. The molecule has 0 atom stereocenters. The number of likely N-dealkylation sites (N-methyl/N-ethyl adjacent to an activating group) is 2. The third-order valence-electron chi connectivity index (χ3n) is 3.33. The fourth-order valence-corrected chi connectivity index (χ4v) is 2.11. The Kier molecular flexibility index (Phi) is 3.79. The number of nitrogen functional groups attached to an aromatic ring is 1. The summed E-state index contributed by atoms with van der Waals surface area (Å²) in [7, 11) is 5.42. The van der Waals surface area contributed by atoms with Crippen molar-refractivity contribution < 1.29 is 4.79 Å². The Hall–Kier alpha value is -2.30.